The number of carbonyl (C=O) groups excluding carboxylic acids is 1. The lowest BCUT2D eigenvalue weighted by Gasteiger charge is -2.11. The van der Waals surface area contributed by atoms with Crippen LogP contribution in [0.3, 0.4) is 0 Å². The van der Waals surface area contributed by atoms with E-state index in [-0.39, 0.29) is 20.6 Å². The molecule has 0 aliphatic heterocycles. The molecule has 0 aliphatic rings. The zero-order valence-electron chi connectivity index (χ0n) is 13.1. The number of nitrogens with zero attached hydrogens (tertiary/aromatic N) is 2. The van der Waals surface area contributed by atoms with E-state index in [4.69, 9.17) is 23.2 Å². The number of hydrazine groups is 1. The van der Waals surface area contributed by atoms with E-state index in [1.54, 1.807) is 24.3 Å². The van der Waals surface area contributed by atoms with Gasteiger partial charge in [0.25, 0.3) is 15.9 Å². The largest absolute Gasteiger partial charge is 0.295 e. The normalized spacial score (nSPS) is 11.3. The van der Waals surface area contributed by atoms with Crippen molar-refractivity contribution in [3.8, 4) is 5.69 Å². The minimum atomic E-state index is -4.11. The molecule has 2 N–H and O–H groups in total. The van der Waals surface area contributed by atoms with Gasteiger partial charge in [-0.3, -0.25) is 14.8 Å². The number of rotatable bonds is 5. The zero-order chi connectivity index (χ0) is 18.7. The fourth-order valence-electron chi connectivity index (χ4n) is 2.17. The smallest absolute Gasteiger partial charge is 0.284 e. The fraction of sp³-hybridized carbons (Fsp3) is 0. The van der Waals surface area contributed by atoms with Crippen LogP contribution in [-0.2, 0) is 10.0 Å². The Bertz CT molecular complexity index is 1050. The number of benzene rings is 2. The molecule has 3 rings (SSSR count). The standard InChI is InChI=1S/C16H12Cl2N4O3S/c17-11-6-7-13(18)15(8-11)26(24,25)21-20-16(23)14-9-19-10-22(14)12-4-2-1-3-5-12/h1-10,21H,(H,20,23). The topological polar surface area (TPSA) is 93.1 Å². The number of carbonyl (C=O) groups is 1. The van der Waals surface area contributed by atoms with E-state index in [1.807, 2.05) is 10.9 Å². The molecule has 1 aromatic heterocycles. The van der Waals surface area contributed by atoms with Crippen molar-refractivity contribution >= 4 is 39.1 Å². The van der Waals surface area contributed by atoms with Crippen LogP contribution < -0.4 is 10.3 Å². The summed E-state index contributed by atoms with van der Waals surface area (Å²) in [7, 11) is -4.11. The minimum absolute atomic E-state index is 0.0227. The molecule has 7 nitrogen and oxygen atoms in total. The first-order valence-electron chi connectivity index (χ1n) is 7.23. The predicted octanol–water partition coefficient (Wildman–Crippen LogP) is 2.80. The molecule has 3 aromatic rings. The van der Waals surface area contributed by atoms with Gasteiger partial charge in [-0.1, -0.05) is 41.4 Å². The molecule has 134 valence electrons. The molecular formula is C16H12Cl2N4O3S. The first kappa shape index (κ1) is 18.4. The molecule has 0 saturated carbocycles. The van der Waals surface area contributed by atoms with Gasteiger partial charge in [-0.15, -0.1) is 4.83 Å². The van der Waals surface area contributed by atoms with Gasteiger partial charge in [0.1, 0.15) is 10.6 Å². The van der Waals surface area contributed by atoms with E-state index in [2.05, 4.69) is 10.4 Å². The van der Waals surface area contributed by atoms with Crippen LogP contribution in [0.15, 0.2) is 66.0 Å². The highest BCUT2D eigenvalue weighted by atomic mass is 35.5. The summed E-state index contributed by atoms with van der Waals surface area (Å²) < 4.78 is 26.2. The fourth-order valence-corrected chi connectivity index (χ4v) is 3.78. The molecule has 26 heavy (non-hydrogen) atoms. The van der Waals surface area contributed by atoms with Crippen molar-refractivity contribution in [2.24, 2.45) is 0 Å². The number of para-hydroxylation sites is 1. The summed E-state index contributed by atoms with van der Waals surface area (Å²) in [6.45, 7) is 0. The lowest BCUT2D eigenvalue weighted by Crippen LogP contribution is -2.42. The summed E-state index contributed by atoms with van der Waals surface area (Å²) in [5.41, 5.74) is 2.99. The van der Waals surface area contributed by atoms with Gasteiger partial charge in [-0.05, 0) is 30.3 Å². The maximum absolute atomic E-state index is 12.4. The molecule has 2 aromatic carbocycles. The second-order valence-corrected chi connectivity index (χ2v) is 7.61. The molecule has 1 heterocycles. The van der Waals surface area contributed by atoms with E-state index >= 15 is 0 Å². The van der Waals surface area contributed by atoms with Crippen LogP contribution in [0.1, 0.15) is 10.5 Å². The van der Waals surface area contributed by atoms with Gasteiger partial charge in [0.2, 0.25) is 0 Å². The first-order valence-corrected chi connectivity index (χ1v) is 9.47. The van der Waals surface area contributed by atoms with Gasteiger partial charge < -0.3 is 0 Å². The Balaban J connectivity index is 1.80. The highest BCUT2D eigenvalue weighted by Gasteiger charge is 2.21. The van der Waals surface area contributed by atoms with Crippen LogP contribution in [0.5, 0.6) is 0 Å². The number of sulfonamides is 1. The van der Waals surface area contributed by atoms with Crippen molar-refractivity contribution in [1.29, 1.82) is 0 Å². The molecule has 0 unspecified atom stereocenters. The van der Waals surface area contributed by atoms with E-state index in [1.165, 1.54) is 35.3 Å². The van der Waals surface area contributed by atoms with Crippen molar-refractivity contribution < 1.29 is 13.2 Å². The van der Waals surface area contributed by atoms with Crippen LogP contribution in [-0.4, -0.2) is 23.9 Å². The SMILES string of the molecule is O=C(NNS(=O)(=O)c1cc(Cl)ccc1Cl)c1cncn1-c1ccccc1. The van der Waals surface area contributed by atoms with E-state index in [0.29, 0.717) is 5.69 Å². The van der Waals surface area contributed by atoms with Gasteiger partial charge in [0, 0.05) is 10.7 Å². The number of amides is 1. The molecule has 10 heteroatoms. The van der Waals surface area contributed by atoms with Crippen molar-refractivity contribution in [1.82, 2.24) is 19.8 Å². The maximum Gasteiger partial charge on any atom is 0.284 e. The highest BCUT2D eigenvalue weighted by molar-refractivity contribution is 7.89. The van der Waals surface area contributed by atoms with Gasteiger partial charge >= 0.3 is 0 Å². The number of aromatic nitrogens is 2. The summed E-state index contributed by atoms with van der Waals surface area (Å²) in [5.74, 6) is -0.687. The third-order valence-electron chi connectivity index (χ3n) is 3.39. The Kier molecular flexibility index (Phi) is 5.28. The van der Waals surface area contributed by atoms with Crippen LogP contribution in [0.25, 0.3) is 5.69 Å². The Hall–Kier alpha value is -2.39. The monoisotopic (exact) mass is 410 g/mol. The molecule has 0 spiro atoms. The lowest BCUT2D eigenvalue weighted by molar-refractivity contribution is 0.0938. The van der Waals surface area contributed by atoms with Gasteiger partial charge in [0.05, 0.1) is 17.5 Å². The molecule has 0 atom stereocenters. The molecule has 0 saturated heterocycles. The van der Waals surface area contributed by atoms with E-state index in [9.17, 15) is 13.2 Å². The molecule has 0 fully saturated rings. The average Bonchev–Trinajstić information content (AvgIpc) is 3.12. The van der Waals surface area contributed by atoms with E-state index < -0.39 is 15.9 Å². The first-order chi connectivity index (χ1) is 12.4. The van der Waals surface area contributed by atoms with Crippen LogP contribution >= 0.6 is 23.2 Å². The van der Waals surface area contributed by atoms with Gasteiger partial charge in [-0.2, -0.15) is 0 Å². The summed E-state index contributed by atoms with van der Waals surface area (Å²) in [5, 5.41) is 0.175. The molecule has 0 radical (unpaired) electrons. The Morgan fingerprint density at radius 1 is 1.08 bits per heavy atom. The summed E-state index contributed by atoms with van der Waals surface area (Å²) in [6.07, 6.45) is 2.77. The Labute approximate surface area is 159 Å². The summed E-state index contributed by atoms with van der Waals surface area (Å²) in [4.78, 5) is 18.1. The predicted molar refractivity (Wildman–Crippen MR) is 97.8 cm³/mol. The zero-order valence-corrected chi connectivity index (χ0v) is 15.4. The number of imidazole rings is 1. The Morgan fingerprint density at radius 2 is 1.81 bits per heavy atom. The summed E-state index contributed by atoms with van der Waals surface area (Å²) in [6, 6.07) is 13.0. The van der Waals surface area contributed by atoms with Crippen molar-refractivity contribution in [2.45, 2.75) is 4.90 Å². The number of halogens is 2. The number of hydrogen-bond donors (Lipinski definition) is 2. The van der Waals surface area contributed by atoms with Gasteiger partial charge in [-0.25, -0.2) is 13.4 Å². The average molecular weight is 411 g/mol. The minimum Gasteiger partial charge on any atom is -0.295 e. The van der Waals surface area contributed by atoms with Crippen molar-refractivity contribution in [2.75, 3.05) is 0 Å². The van der Waals surface area contributed by atoms with Crippen LogP contribution in [0.4, 0.5) is 0 Å². The third-order valence-corrected chi connectivity index (χ3v) is 5.35. The number of hydrogen-bond acceptors (Lipinski definition) is 4. The second kappa shape index (κ2) is 7.46. The van der Waals surface area contributed by atoms with Crippen LogP contribution in [0.2, 0.25) is 10.0 Å². The molecule has 0 bridgehead atoms. The lowest BCUT2D eigenvalue weighted by atomic mass is 10.3. The van der Waals surface area contributed by atoms with Gasteiger partial charge in [0.15, 0.2) is 0 Å². The van der Waals surface area contributed by atoms with Crippen molar-refractivity contribution in [3.05, 3.63) is 76.8 Å². The third kappa shape index (κ3) is 3.88. The Morgan fingerprint density at radius 3 is 2.54 bits per heavy atom. The molecule has 1 amide bonds. The summed E-state index contributed by atoms with van der Waals surface area (Å²) >= 11 is 11.7. The maximum atomic E-state index is 12.4. The number of nitrogens with one attached hydrogen (secondary N) is 2. The van der Waals surface area contributed by atoms with Crippen LogP contribution in [0, 0.1) is 0 Å². The van der Waals surface area contributed by atoms with E-state index in [0.717, 1.165) is 0 Å². The second-order valence-electron chi connectivity index (χ2n) is 5.12. The molecular weight excluding hydrogens is 399 g/mol. The van der Waals surface area contributed by atoms with Crippen molar-refractivity contribution in [3.63, 3.8) is 0 Å². The highest BCUT2D eigenvalue weighted by Crippen LogP contribution is 2.24. The molecule has 0 aliphatic carbocycles. The quantitative estimate of drug-likeness (QED) is 0.632.